The zero-order chi connectivity index (χ0) is 20.5. The van der Waals surface area contributed by atoms with Gasteiger partial charge in [-0.3, -0.25) is 0 Å². The van der Waals surface area contributed by atoms with Crippen molar-refractivity contribution in [2.75, 3.05) is 51.3 Å². The molecule has 1 aromatic carbocycles. The van der Waals surface area contributed by atoms with Crippen LogP contribution in [0.3, 0.4) is 0 Å². The predicted molar refractivity (Wildman–Crippen MR) is 115 cm³/mol. The number of halogens is 1. The Morgan fingerprint density at radius 1 is 1.10 bits per heavy atom. The molecule has 0 radical (unpaired) electrons. The topological polar surface area (TPSA) is 47.1 Å². The minimum atomic E-state index is -0.231. The molecule has 2 aliphatic rings. The molecular weight excluding hydrogens is 381 g/mol. The second-order valence-corrected chi connectivity index (χ2v) is 8.35. The summed E-state index contributed by atoms with van der Waals surface area (Å²) in [4.78, 5) is 9.06. The fourth-order valence-corrected chi connectivity index (χ4v) is 4.74. The number of ether oxygens (including phenoxy) is 1. The molecule has 0 bridgehead atoms. The molecule has 30 heavy (non-hydrogen) atoms. The van der Waals surface area contributed by atoms with E-state index in [0.29, 0.717) is 0 Å². The van der Waals surface area contributed by atoms with Crippen molar-refractivity contribution in [2.45, 2.75) is 25.7 Å². The smallest absolute Gasteiger partial charge is 0.158 e. The first-order chi connectivity index (χ1) is 14.7. The highest BCUT2D eigenvalue weighted by Crippen LogP contribution is 2.32. The average Bonchev–Trinajstić information content (AvgIpc) is 3.20. The lowest BCUT2D eigenvalue weighted by Crippen LogP contribution is -3.15. The summed E-state index contributed by atoms with van der Waals surface area (Å²) >= 11 is 0. The van der Waals surface area contributed by atoms with Crippen molar-refractivity contribution in [2.24, 2.45) is 0 Å². The van der Waals surface area contributed by atoms with Gasteiger partial charge in [-0.1, -0.05) is 0 Å². The summed E-state index contributed by atoms with van der Waals surface area (Å²) in [7, 11) is 1.77. The number of piperazine rings is 1. The number of aryl methyl sites for hydroxylation is 1. The zero-order valence-corrected chi connectivity index (χ0v) is 17.5. The highest BCUT2D eigenvalue weighted by molar-refractivity contribution is 5.67. The summed E-state index contributed by atoms with van der Waals surface area (Å²) in [6.45, 7) is 6.10. The molecule has 3 heterocycles. The van der Waals surface area contributed by atoms with Gasteiger partial charge in [0.25, 0.3) is 0 Å². The number of rotatable bonds is 5. The van der Waals surface area contributed by atoms with E-state index in [2.05, 4.69) is 4.90 Å². The minimum Gasteiger partial charge on any atom is -0.379 e. The van der Waals surface area contributed by atoms with Crippen LogP contribution in [-0.4, -0.2) is 61.0 Å². The van der Waals surface area contributed by atoms with Crippen molar-refractivity contribution in [3.05, 3.63) is 47.4 Å². The van der Waals surface area contributed by atoms with Crippen molar-refractivity contribution in [1.82, 2.24) is 14.6 Å². The summed E-state index contributed by atoms with van der Waals surface area (Å²) in [5.41, 5.74) is 5.24. The van der Waals surface area contributed by atoms with Crippen LogP contribution >= 0.6 is 0 Å². The molecule has 1 fully saturated rings. The van der Waals surface area contributed by atoms with Crippen molar-refractivity contribution < 1.29 is 14.0 Å². The molecule has 0 spiro atoms. The number of hydrogen-bond donors (Lipinski definition) is 1. The van der Waals surface area contributed by atoms with E-state index in [1.54, 1.807) is 24.1 Å². The number of nitrogens with zero attached hydrogens (tertiary/aromatic N) is 4. The van der Waals surface area contributed by atoms with Gasteiger partial charge < -0.3 is 14.5 Å². The van der Waals surface area contributed by atoms with Crippen LogP contribution in [0.2, 0.25) is 0 Å². The lowest BCUT2D eigenvalue weighted by atomic mass is 9.96. The molecule has 7 heteroatoms. The van der Waals surface area contributed by atoms with Crippen molar-refractivity contribution in [1.29, 1.82) is 0 Å². The van der Waals surface area contributed by atoms with Gasteiger partial charge in [0, 0.05) is 30.0 Å². The fraction of sp³-hybridized carbons (Fsp3) is 0.478. The Balaban J connectivity index is 1.53. The van der Waals surface area contributed by atoms with E-state index in [1.807, 2.05) is 10.6 Å². The molecule has 2 aromatic heterocycles. The Morgan fingerprint density at radius 3 is 2.63 bits per heavy atom. The van der Waals surface area contributed by atoms with Gasteiger partial charge in [-0.25, -0.2) is 9.37 Å². The molecule has 1 N–H and O–H groups in total. The third kappa shape index (κ3) is 3.68. The first-order valence-electron chi connectivity index (χ1n) is 11.0. The summed E-state index contributed by atoms with van der Waals surface area (Å²) in [5, 5.41) is 4.93. The largest absolute Gasteiger partial charge is 0.379 e. The Hall–Kier alpha value is -2.51. The van der Waals surface area contributed by atoms with Crippen LogP contribution < -0.4 is 9.80 Å². The molecule has 3 aromatic rings. The molecule has 6 nitrogen and oxygen atoms in total. The third-order valence-corrected chi connectivity index (χ3v) is 6.42. The standard InChI is InChI=1S/C23H28FN5O/c1-30-15-14-27-10-12-28(13-11-27)23-19-4-2-3-5-20(19)25-22-16-21(26-29(22)23)17-6-8-18(24)9-7-17/h6-9,16H,2-5,10-15H2,1H3/p+1. The van der Waals surface area contributed by atoms with Crippen molar-refractivity contribution in [3.63, 3.8) is 0 Å². The number of methoxy groups -OCH3 is 1. The molecule has 1 saturated heterocycles. The second kappa shape index (κ2) is 8.32. The van der Waals surface area contributed by atoms with Gasteiger partial charge in [-0.15, -0.1) is 0 Å². The minimum absolute atomic E-state index is 0.231. The van der Waals surface area contributed by atoms with Crippen LogP contribution in [0, 0.1) is 5.82 Å². The van der Waals surface area contributed by atoms with E-state index < -0.39 is 0 Å². The van der Waals surface area contributed by atoms with Crippen LogP contribution in [0.1, 0.15) is 24.1 Å². The highest BCUT2D eigenvalue weighted by Gasteiger charge is 2.27. The first-order valence-corrected chi connectivity index (χ1v) is 11.0. The zero-order valence-electron chi connectivity index (χ0n) is 17.5. The van der Waals surface area contributed by atoms with E-state index in [9.17, 15) is 4.39 Å². The van der Waals surface area contributed by atoms with Crippen LogP contribution in [-0.2, 0) is 17.6 Å². The maximum Gasteiger partial charge on any atom is 0.158 e. The molecule has 5 rings (SSSR count). The fourth-order valence-electron chi connectivity index (χ4n) is 4.74. The van der Waals surface area contributed by atoms with Crippen LogP contribution in [0.25, 0.3) is 16.9 Å². The maximum absolute atomic E-state index is 13.4. The van der Waals surface area contributed by atoms with Gasteiger partial charge >= 0.3 is 0 Å². The van der Waals surface area contributed by atoms with E-state index >= 15 is 0 Å². The summed E-state index contributed by atoms with van der Waals surface area (Å²) in [6, 6.07) is 8.58. The number of benzene rings is 1. The number of nitrogens with one attached hydrogen (secondary N) is 1. The average molecular weight is 411 g/mol. The van der Waals surface area contributed by atoms with Crippen LogP contribution in [0.5, 0.6) is 0 Å². The molecule has 0 atom stereocenters. The lowest BCUT2D eigenvalue weighted by Gasteiger charge is -2.35. The van der Waals surface area contributed by atoms with Gasteiger partial charge in [-0.05, 0) is 49.9 Å². The summed E-state index contributed by atoms with van der Waals surface area (Å²) in [5.74, 6) is 0.986. The van der Waals surface area contributed by atoms with Crippen molar-refractivity contribution >= 4 is 11.5 Å². The Labute approximate surface area is 176 Å². The van der Waals surface area contributed by atoms with E-state index in [1.165, 1.54) is 42.0 Å². The van der Waals surface area contributed by atoms with Gasteiger partial charge in [0.05, 0.1) is 38.5 Å². The van der Waals surface area contributed by atoms with E-state index in [0.717, 1.165) is 69.1 Å². The third-order valence-electron chi connectivity index (χ3n) is 6.42. The van der Waals surface area contributed by atoms with Crippen LogP contribution in [0.15, 0.2) is 30.3 Å². The number of hydrogen-bond acceptors (Lipinski definition) is 4. The Morgan fingerprint density at radius 2 is 1.87 bits per heavy atom. The quantitative estimate of drug-likeness (QED) is 0.697. The van der Waals surface area contributed by atoms with Gasteiger partial charge in [0.15, 0.2) is 5.65 Å². The molecule has 1 aliphatic heterocycles. The molecule has 0 unspecified atom stereocenters. The van der Waals surface area contributed by atoms with E-state index in [-0.39, 0.29) is 5.82 Å². The summed E-state index contributed by atoms with van der Waals surface area (Å²) in [6.07, 6.45) is 4.51. The molecular formula is C23H29FN5O+. The SMILES string of the molecule is COCC[NH+]1CCN(c2c3c(nc4cc(-c5ccc(F)cc5)nn24)CCCC3)CC1. The Bertz CT molecular complexity index is 1020. The highest BCUT2D eigenvalue weighted by atomic mass is 19.1. The molecule has 158 valence electrons. The molecule has 0 saturated carbocycles. The monoisotopic (exact) mass is 410 g/mol. The number of anilines is 1. The normalized spacial score (nSPS) is 17.5. The summed E-state index contributed by atoms with van der Waals surface area (Å²) < 4.78 is 20.7. The predicted octanol–water partition coefficient (Wildman–Crippen LogP) is 1.77. The molecule has 0 amide bonds. The van der Waals surface area contributed by atoms with Crippen LogP contribution in [0.4, 0.5) is 10.2 Å². The lowest BCUT2D eigenvalue weighted by molar-refractivity contribution is -0.900. The first kappa shape index (κ1) is 19.5. The number of quaternary nitrogens is 1. The van der Waals surface area contributed by atoms with Gasteiger partial charge in [0.2, 0.25) is 0 Å². The number of fused-ring (bicyclic) bond motifs is 2. The second-order valence-electron chi connectivity index (χ2n) is 8.35. The Kier molecular flexibility index (Phi) is 5.39. The van der Waals surface area contributed by atoms with Gasteiger partial charge in [-0.2, -0.15) is 9.61 Å². The number of aromatic nitrogens is 3. The maximum atomic E-state index is 13.4. The molecule has 1 aliphatic carbocycles. The van der Waals surface area contributed by atoms with E-state index in [4.69, 9.17) is 14.8 Å². The van der Waals surface area contributed by atoms with Gasteiger partial charge in [0.1, 0.15) is 18.2 Å². The van der Waals surface area contributed by atoms with Crippen molar-refractivity contribution in [3.8, 4) is 11.3 Å².